The normalized spacial score (nSPS) is 15.2. The fraction of sp³-hybridized carbons (Fsp3) is 0.190. The van der Waals surface area contributed by atoms with Gasteiger partial charge in [-0.2, -0.15) is 0 Å². The van der Waals surface area contributed by atoms with Crippen LogP contribution in [0.4, 0.5) is 0 Å². The smallest absolute Gasteiger partial charge is 0.213 e. The largest absolute Gasteiger partial charge is 0.246 e. The summed E-state index contributed by atoms with van der Waals surface area (Å²) in [5.41, 5.74) is 16.8. The molecule has 7 heterocycles. The Kier molecular flexibility index (Phi) is 13.0. The van der Waals surface area contributed by atoms with Crippen LogP contribution in [0, 0.1) is 39.9 Å². The number of aromatic nitrogens is 4. The fourth-order valence-corrected chi connectivity index (χ4v) is 17.1. The molecular formula is C84H75N4S3+3. The van der Waals surface area contributed by atoms with E-state index in [2.05, 4.69) is 226 Å². The molecule has 4 nitrogen and oxygen atoms in total. The molecule has 7 aromatic heterocycles. The number of para-hydroxylation sites is 1. The summed E-state index contributed by atoms with van der Waals surface area (Å²) in [6.07, 6.45) is 10.7. The lowest BCUT2D eigenvalue weighted by atomic mass is 9.71. The summed E-state index contributed by atoms with van der Waals surface area (Å²) >= 11 is 5.43. The molecule has 1 saturated carbocycles. The molecule has 0 bridgehead atoms. The SMILES string of the molecule is Cc1ccccc1-c1cc2sc3cc4ccccc4nc3c2c[n+]1C.[2H]C([2H])([2H])c1ccc(-c2cc3sc4cc5cc(-c6ccccc6)ccc5cc4c3c[n+]2C)c(C)c1.[2H]C([2H])([2H])c1ccc(-c2cc3sc4cc5cc(C6([2H])CCC(C)(C)CC6)ccc5cc4c3c[n+]2C)c(C)c1. The molecule has 0 amide bonds. The van der Waals surface area contributed by atoms with Crippen molar-refractivity contribution in [2.75, 3.05) is 0 Å². The molecule has 1 fully saturated rings. The Bertz CT molecular complexity index is 5870. The van der Waals surface area contributed by atoms with Gasteiger partial charge in [0.15, 0.2) is 18.6 Å². The van der Waals surface area contributed by atoms with Gasteiger partial charge in [0.05, 0.1) is 31.9 Å². The summed E-state index contributed by atoms with van der Waals surface area (Å²) in [4.78, 5) is 4.92. The molecule has 1 aliphatic rings. The first-order valence-electron chi connectivity index (χ1n) is 34.9. The Balaban J connectivity index is 0.000000122. The third-order valence-electron chi connectivity index (χ3n) is 18.9. The Morgan fingerprint density at radius 1 is 0.418 bits per heavy atom. The lowest BCUT2D eigenvalue weighted by Crippen LogP contribution is -2.30. The molecule has 9 aromatic carbocycles. The van der Waals surface area contributed by atoms with Crippen LogP contribution in [0.3, 0.4) is 0 Å². The highest BCUT2D eigenvalue weighted by atomic mass is 32.1. The average Bonchev–Trinajstić information content (AvgIpc) is 1.58. The van der Waals surface area contributed by atoms with Crippen LogP contribution in [-0.2, 0) is 21.1 Å². The second kappa shape index (κ2) is 23.4. The van der Waals surface area contributed by atoms with E-state index in [0.717, 1.165) is 75.9 Å². The van der Waals surface area contributed by atoms with Gasteiger partial charge < -0.3 is 0 Å². The van der Waals surface area contributed by atoms with Gasteiger partial charge in [-0.25, -0.2) is 18.7 Å². The average molecular weight is 1240 g/mol. The highest BCUT2D eigenvalue weighted by Gasteiger charge is 2.28. The summed E-state index contributed by atoms with van der Waals surface area (Å²) in [6.45, 7) is 6.58. The number of aryl methyl sites for hydroxylation is 8. The predicted octanol–water partition coefficient (Wildman–Crippen LogP) is 22.4. The molecule has 0 saturated heterocycles. The number of benzene rings is 9. The van der Waals surface area contributed by atoms with Gasteiger partial charge in [-0.15, -0.1) is 34.0 Å². The van der Waals surface area contributed by atoms with Crippen LogP contribution in [0.5, 0.6) is 0 Å². The standard InChI is InChI=1S/C32H34NS.C30H24NS.C22H17N2S/c1-20-6-9-26(21(2)14-20)29-18-31-28(19-33(29)5)27-16-24-8-7-23(15-25(24)17-30(27)34-31)22-10-12-32(3,4)13-11-22;1-19-9-12-25(20(2)13-19)28-17-30-27(18-31(28)3)26-15-23-11-10-22(21-7-5-4-6-8-21)14-24(23)16-29(26)32-30;1-14-7-3-5-9-16(14)19-12-20-17(13-24(19)2)22-21(25-20)11-15-8-4-6-10-18(15)23-22/h6-9,14-19,22H,10-13H2,1-5H3;4-18H,1-3H3;3-13H,1-2H3/q3*+1/i1D3,22D;1D3;. The molecule has 446 valence electrons. The monoisotopic (exact) mass is 1240 g/mol. The van der Waals surface area contributed by atoms with Crippen molar-refractivity contribution in [2.24, 2.45) is 26.6 Å². The molecule has 17 rings (SSSR count). The Labute approximate surface area is 555 Å². The predicted molar refractivity (Wildman–Crippen MR) is 392 cm³/mol. The molecule has 0 aliphatic heterocycles. The maximum Gasteiger partial charge on any atom is 0.213 e. The van der Waals surface area contributed by atoms with Gasteiger partial charge in [-0.1, -0.05) is 146 Å². The van der Waals surface area contributed by atoms with E-state index in [9.17, 15) is 1.37 Å². The molecule has 7 heteroatoms. The van der Waals surface area contributed by atoms with Gasteiger partial charge in [-0.05, 0) is 187 Å². The number of hydrogen-bond acceptors (Lipinski definition) is 4. The molecule has 91 heavy (non-hydrogen) atoms. The number of rotatable bonds is 5. The molecule has 16 aromatic rings. The van der Waals surface area contributed by atoms with E-state index < -0.39 is 19.6 Å². The summed E-state index contributed by atoms with van der Waals surface area (Å²) in [7, 11) is 6.23. The topological polar surface area (TPSA) is 24.5 Å². The van der Waals surface area contributed by atoms with Crippen LogP contribution < -0.4 is 13.7 Å². The van der Waals surface area contributed by atoms with Crippen molar-refractivity contribution in [3.8, 4) is 44.9 Å². The van der Waals surface area contributed by atoms with Crippen LogP contribution in [0.1, 0.15) is 88.4 Å². The lowest BCUT2D eigenvalue weighted by Gasteiger charge is -2.34. The quantitative estimate of drug-likeness (QED) is 0.158. The molecule has 0 radical (unpaired) electrons. The number of thiophene rings is 3. The summed E-state index contributed by atoms with van der Waals surface area (Å²) in [5.74, 6) is -0.492. The van der Waals surface area contributed by atoms with Gasteiger partial charge in [-0.3, -0.25) is 0 Å². The minimum Gasteiger partial charge on any atom is -0.246 e. The molecule has 0 atom stereocenters. The molecule has 0 spiro atoms. The van der Waals surface area contributed by atoms with Crippen molar-refractivity contribution >= 4 is 127 Å². The zero-order valence-electron chi connectivity index (χ0n) is 59.6. The lowest BCUT2D eigenvalue weighted by molar-refractivity contribution is -0.659. The van der Waals surface area contributed by atoms with Crippen LogP contribution >= 0.6 is 34.0 Å². The zero-order chi connectivity index (χ0) is 68.3. The highest BCUT2D eigenvalue weighted by molar-refractivity contribution is 7.26. The van der Waals surface area contributed by atoms with E-state index in [1.165, 1.54) is 110 Å². The molecule has 0 N–H and O–H groups in total. The van der Waals surface area contributed by atoms with Gasteiger partial charge in [0, 0.05) is 84.1 Å². The van der Waals surface area contributed by atoms with Crippen LogP contribution in [-0.4, -0.2) is 4.98 Å². The Hall–Kier alpha value is -8.98. The Morgan fingerprint density at radius 3 is 1.51 bits per heavy atom. The number of nitrogens with zero attached hydrogens (tertiary/aromatic N) is 4. The fourth-order valence-electron chi connectivity index (χ4n) is 13.7. The first-order chi connectivity index (χ1) is 46.8. The van der Waals surface area contributed by atoms with Gasteiger partial charge in [0.1, 0.15) is 21.1 Å². The van der Waals surface area contributed by atoms with E-state index in [1.54, 1.807) is 46.9 Å². The summed E-state index contributed by atoms with van der Waals surface area (Å²) in [5, 5.41) is 12.3. The number of pyridine rings is 4. The number of fused-ring (bicyclic) bond motifs is 12. The van der Waals surface area contributed by atoms with Gasteiger partial charge >= 0.3 is 0 Å². The third kappa shape index (κ3) is 11.1. The zero-order valence-corrected chi connectivity index (χ0v) is 55.1. The van der Waals surface area contributed by atoms with Crippen molar-refractivity contribution in [3.63, 3.8) is 0 Å². The van der Waals surface area contributed by atoms with Crippen LogP contribution in [0.2, 0.25) is 0 Å². The first kappa shape index (κ1) is 50.7. The maximum atomic E-state index is 9.23. The second-order valence-electron chi connectivity index (χ2n) is 25.8. The van der Waals surface area contributed by atoms with Crippen molar-refractivity contribution in [2.45, 2.75) is 79.9 Å². The van der Waals surface area contributed by atoms with E-state index in [0.29, 0.717) is 16.5 Å². The van der Waals surface area contributed by atoms with Crippen molar-refractivity contribution < 1.29 is 23.3 Å². The maximum absolute atomic E-state index is 9.23. The highest BCUT2D eigenvalue weighted by Crippen LogP contribution is 2.45. The first-order valence-corrected chi connectivity index (χ1v) is 33.8. The van der Waals surface area contributed by atoms with Gasteiger partial charge in [0.25, 0.3) is 0 Å². The van der Waals surface area contributed by atoms with Crippen molar-refractivity contribution in [3.05, 3.63) is 252 Å². The summed E-state index contributed by atoms with van der Waals surface area (Å²) < 4.78 is 69.6. The van der Waals surface area contributed by atoms with E-state index in [4.69, 9.17) is 13.2 Å². The number of hydrogen-bond donors (Lipinski definition) is 0. The van der Waals surface area contributed by atoms with E-state index >= 15 is 0 Å². The second-order valence-corrected chi connectivity index (χ2v) is 29.1. The van der Waals surface area contributed by atoms with Crippen molar-refractivity contribution in [1.29, 1.82) is 0 Å². The summed E-state index contributed by atoms with van der Waals surface area (Å²) in [6, 6.07) is 69.8. The minimum atomic E-state index is -2.10. The van der Waals surface area contributed by atoms with Gasteiger partial charge in [0.2, 0.25) is 17.1 Å². The molecule has 0 unspecified atom stereocenters. The van der Waals surface area contributed by atoms with E-state index in [-0.39, 0.29) is 0 Å². The third-order valence-corrected chi connectivity index (χ3v) is 22.2. The molecule has 1 aliphatic carbocycles. The Morgan fingerprint density at radius 2 is 0.912 bits per heavy atom. The molecular weight excluding hydrogens is 1160 g/mol. The van der Waals surface area contributed by atoms with Crippen LogP contribution in [0.15, 0.2) is 219 Å². The van der Waals surface area contributed by atoms with Crippen LogP contribution in [0.25, 0.3) is 138 Å². The van der Waals surface area contributed by atoms with Crippen molar-refractivity contribution in [1.82, 2.24) is 4.98 Å². The minimum absolute atomic E-state index is 0.343. The van der Waals surface area contributed by atoms with E-state index in [1.807, 2.05) is 49.4 Å².